The van der Waals surface area contributed by atoms with Gasteiger partial charge in [0, 0.05) is 16.9 Å². The number of hydrogen-bond acceptors (Lipinski definition) is 6. The number of oxime groups is 1. The fourth-order valence-corrected chi connectivity index (χ4v) is 6.33. The van der Waals surface area contributed by atoms with Crippen molar-refractivity contribution in [1.82, 2.24) is 0 Å². The summed E-state index contributed by atoms with van der Waals surface area (Å²) in [4.78, 5) is 45.9. The van der Waals surface area contributed by atoms with Gasteiger partial charge in [0.25, 0.3) is 0 Å². The second kappa shape index (κ2) is 7.42. The Morgan fingerprint density at radius 2 is 1.70 bits per heavy atom. The molecule has 6 rings (SSSR count). The number of rotatable bonds is 4. The quantitative estimate of drug-likeness (QED) is 0.509. The van der Waals surface area contributed by atoms with Crippen LogP contribution in [0.5, 0.6) is 0 Å². The Labute approximate surface area is 195 Å². The fourth-order valence-electron chi connectivity index (χ4n) is 6.20. The summed E-state index contributed by atoms with van der Waals surface area (Å²) in [5.41, 5.74) is 2.62. The van der Waals surface area contributed by atoms with Crippen molar-refractivity contribution < 1.29 is 24.0 Å². The molecule has 2 aromatic rings. The molecule has 3 fully saturated rings. The molecule has 4 aliphatic rings. The normalized spacial score (nSPS) is 31.3. The van der Waals surface area contributed by atoms with Crippen LogP contribution in [0.1, 0.15) is 29.3 Å². The van der Waals surface area contributed by atoms with Crippen LogP contribution in [-0.4, -0.2) is 36.2 Å². The number of amides is 2. The maximum Gasteiger partial charge on any atom is 0.338 e. The molecule has 0 spiro atoms. The first kappa shape index (κ1) is 20.4. The first-order chi connectivity index (χ1) is 16.0. The van der Waals surface area contributed by atoms with E-state index in [-0.39, 0.29) is 48.2 Å². The molecule has 2 saturated carbocycles. The third-order valence-corrected chi connectivity index (χ3v) is 7.72. The van der Waals surface area contributed by atoms with Gasteiger partial charge in [-0.1, -0.05) is 28.9 Å². The van der Waals surface area contributed by atoms with E-state index in [1.165, 1.54) is 4.90 Å². The van der Waals surface area contributed by atoms with Crippen LogP contribution in [0.3, 0.4) is 0 Å². The molecule has 33 heavy (non-hydrogen) atoms. The molecule has 0 N–H and O–H groups in total. The van der Waals surface area contributed by atoms with Gasteiger partial charge < -0.3 is 9.57 Å². The van der Waals surface area contributed by atoms with Crippen molar-refractivity contribution in [2.24, 2.45) is 34.7 Å². The van der Waals surface area contributed by atoms with E-state index in [1.54, 1.807) is 31.2 Å². The molecule has 2 bridgehead atoms. The van der Waals surface area contributed by atoms with Crippen molar-refractivity contribution in [3.63, 3.8) is 0 Å². The van der Waals surface area contributed by atoms with Crippen molar-refractivity contribution in [2.45, 2.75) is 19.4 Å². The lowest BCUT2D eigenvalue weighted by molar-refractivity contribution is -0.125. The number of ether oxygens (including phenoxy) is 1. The van der Waals surface area contributed by atoms with E-state index in [0.29, 0.717) is 16.3 Å². The first-order valence-corrected chi connectivity index (χ1v) is 11.5. The number of anilines is 1. The number of fused-ring (bicyclic) bond motifs is 8. The molecule has 0 unspecified atom stereocenters. The van der Waals surface area contributed by atoms with Crippen molar-refractivity contribution >= 4 is 40.8 Å². The highest BCUT2D eigenvalue weighted by Crippen LogP contribution is 2.62. The first-order valence-electron chi connectivity index (χ1n) is 11.1. The van der Waals surface area contributed by atoms with Gasteiger partial charge in [-0.15, -0.1) is 0 Å². The highest BCUT2D eigenvalue weighted by Gasteiger charge is 2.70. The van der Waals surface area contributed by atoms with E-state index in [0.717, 1.165) is 17.7 Å². The topological polar surface area (TPSA) is 85.3 Å². The van der Waals surface area contributed by atoms with Gasteiger partial charge in [-0.05, 0) is 61.2 Å². The molecule has 2 heterocycles. The zero-order valence-corrected chi connectivity index (χ0v) is 18.6. The molecular formula is C25H21ClN2O5. The monoisotopic (exact) mass is 464 g/mol. The van der Waals surface area contributed by atoms with Gasteiger partial charge in [0.2, 0.25) is 11.8 Å². The number of carbonyl (C=O) groups is 3. The molecular weight excluding hydrogens is 444 g/mol. The molecule has 8 heteroatoms. The van der Waals surface area contributed by atoms with Crippen molar-refractivity contribution in [2.75, 3.05) is 11.5 Å². The highest BCUT2D eigenvalue weighted by atomic mass is 35.5. The third-order valence-electron chi connectivity index (χ3n) is 7.47. The predicted molar refractivity (Wildman–Crippen MR) is 120 cm³/mol. The van der Waals surface area contributed by atoms with Crippen LogP contribution in [-0.2, 0) is 19.2 Å². The average Bonchev–Trinajstić information content (AvgIpc) is 3.55. The molecule has 0 aromatic heterocycles. The summed E-state index contributed by atoms with van der Waals surface area (Å²) < 4.78 is 5.01. The summed E-state index contributed by atoms with van der Waals surface area (Å²) in [6.45, 7) is 2.02. The number of halogens is 1. The largest absolute Gasteiger partial charge is 0.462 e. The van der Waals surface area contributed by atoms with Crippen molar-refractivity contribution in [3.05, 3.63) is 64.7 Å². The summed E-state index contributed by atoms with van der Waals surface area (Å²) in [5.74, 6) is -1.63. The SMILES string of the molecule is CCOC(=O)c1ccc(N2C(=O)[C@H]3[C@@H]4C[C@@H]([C@H]5C(c6ccc(Cl)cc6)=NO[C@H]45)[C@@H]3C2=O)cc1. The molecule has 7 nitrogen and oxygen atoms in total. The van der Waals surface area contributed by atoms with Gasteiger partial charge in [0.15, 0.2) is 0 Å². The summed E-state index contributed by atoms with van der Waals surface area (Å²) in [7, 11) is 0. The molecule has 1 saturated heterocycles. The lowest BCUT2D eigenvalue weighted by Gasteiger charge is -2.29. The molecule has 2 amide bonds. The zero-order valence-electron chi connectivity index (χ0n) is 17.8. The molecule has 6 atom stereocenters. The highest BCUT2D eigenvalue weighted by molar-refractivity contribution is 6.30. The third kappa shape index (κ3) is 2.88. The van der Waals surface area contributed by atoms with Gasteiger partial charge in [-0.3, -0.25) is 14.5 Å². The van der Waals surface area contributed by atoms with Crippen LogP contribution in [0.15, 0.2) is 53.7 Å². The van der Waals surface area contributed by atoms with Gasteiger partial charge >= 0.3 is 5.97 Å². The number of benzene rings is 2. The number of esters is 1. The minimum Gasteiger partial charge on any atom is -0.462 e. The summed E-state index contributed by atoms with van der Waals surface area (Å²) in [6.07, 6.45) is 0.592. The lowest BCUT2D eigenvalue weighted by atomic mass is 9.71. The van der Waals surface area contributed by atoms with E-state index >= 15 is 0 Å². The summed E-state index contributed by atoms with van der Waals surface area (Å²) in [6, 6.07) is 13.9. The van der Waals surface area contributed by atoms with Crippen LogP contribution < -0.4 is 4.90 Å². The number of carbonyl (C=O) groups excluding carboxylic acids is 3. The van der Waals surface area contributed by atoms with E-state index in [2.05, 4.69) is 5.16 Å². The Balaban J connectivity index is 1.28. The van der Waals surface area contributed by atoms with E-state index in [9.17, 15) is 14.4 Å². The molecule has 2 aliphatic carbocycles. The van der Waals surface area contributed by atoms with Crippen LogP contribution in [0, 0.1) is 29.6 Å². The van der Waals surface area contributed by atoms with Crippen LogP contribution >= 0.6 is 11.6 Å². The lowest BCUT2D eigenvalue weighted by Crippen LogP contribution is -2.41. The minimum atomic E-state index is -0.433. The van der Waals surface area contributed by atoms with Gasteiger partial charge in [0.1, 0.15) is 6.10 Å². The minimum absolute atomic E-state index is 0.00202. The number of hydrogen-bond donors (Lipinski definition) is 0. The average molecular weight is 465 g/mol. The van der Waals surface area contributed by atoms with Crippen molar-refractivity contribution in [3.8, 4) is 0 Å². The van der Waals surface area contributed by atoms with Crippen LogP contribution in [0.4, 0.5) is 5.69 Å². The Hall–Kier alpha value is -3.19. The second-order valence-electron chi connectivity index (χ2n) is 8.97. The maximum atomic E-state index is 13.5. The number of imide groups is 1. The number of nitrogens with zero attached hydrogens (tertiary/aromatic N) is 2. The predicted octanol–water partition coefficient (Wildman–Crippen LogP) is 3.69. The maximum absolute atomic E-state index is 13.5. The Kier molecular flexibility index (Phi) is 4.59. The van der Waals surface area contributed by atoms with E-state index in [1.807, 2.05) is 24.3 Å². The van der Waals surface area contributed by atoms with Crippen LogP contribution in [0.2, 0.25) is 5.02 Å². The smallest absolute Gasteiger partial charge is 0.338 e. The molecule has 2 aliphatic heterocycles. The molecule has 0 radical (unpaired) electrons. The fraction of sp³-hybridized carbons (Fsp3) is 0.360. The Morgan fingerprint density at radius 1 is 1.03 bits per heavy atom. The van der Waals surface area contributed by atoms with E-state index in [4.69, 9.17) is 21.2 Å². The van der Waals surface area contributed by atoms with Gasteiger partial charge in [-0.2, -0.15) is 0 Å². The Bertz CT molecular complexity index is 1190. The van der Waals surface area contributed by atoms with Crippen molar-refractivity contribution in [1.29, 1.82) is 0 Å². The molecule has 2 aromatic carbocycles. The van der Waals surface area contributed by atoms with Crippen LogP contribution in [0.25, 0.3) is 0 Å². The molecule has 168 valence electrons. The summed E-state index contributed by atoms with van der Waals surface area (Å²) >= 11 is 6.03. The van der Waals surface area contributed by atoms with Gasteiger partial charge in [0.05, 0.1) is 35.4 Å². The zero-order chi connectivity index (χ0) is 22.9. The second-order valence-corrected chi connectivity index (χ2v) is 9.41. The van der Waals surface area contributed by atoms with E-state index < -0.39 is 11.9 Å². The standard InChI is InChI=1S/C25H21ClN2O5/c1-2-32-25(31)13-5-9-15(10-6-13)28-23(29)18-16-11-17(19(18)24(28)30)22-20(16)21(27-33-22)12-3-7-14(26)8-4-12/h3-10,16-20,22H,2,11H2,1H3/t16-,17+,18+,19+,20+,22-/m1/s1. The summed E-state index contributed by atoms with van der Waals surface area (Å²) in [5, 5.41) is 4.99. The Morgan fingerprint density at radius 3 is 2.36 bits per heavy atom. The van der Waals surface area contributed by atoms with Gasteiger partial charge in [-0.25, -0.2) is 4.79 Å².